The smallest absolute Gasteiger partial charge is 0.135 e. The van der Waals surface area contributed by atoms with Crippen molar-refractivity contribution in [2.45, 2.75) is 6.42 Å². The monoisotopic (exact) mass is 733 g/mol. The summed E-state index contributed by atoms with van der Waals surface area (Å²) < 4.78 is 12.3. The van der Waals surface area contributed by atoms with Crippen LogP contribution in [0.2, 0.25) is 20.1 Å². The molecule has 0 spiro atoms. The van der Waals surface area contributed by atoms with Crippen LogP contribution in [0.25, 0.3) is 43.9 Å². The Kier molecular flexibility index (Phi) is 9.60. The van der Waals surface area contributed by atoms with Crippen molar-refractivity contribution >= 4 is 112 Å². The Hall–Kier alpha value is -3.64. The molecule has 8 rings (SSSR count). The van der Waals surface area contributed by atoms with E-state index in [2.05, 4.69) is 34.1 Å². The van der Waals surface area contributed by atoms with Crippen LogP contribution in [-0.2, 0) is 6.42 Å². The molecule has 8 heteroatoms. The highest BCUT2D eigenvalue weighted by atomic mass is 79.9. The molecule has 0 aliphatic heterocycles. The number of hydrogen-bond donors (Lipinski definition) is 1. The van der Waals surface area contributed by atoms with Gasteiger partial charge < -0.3 is 14.6 Å². The number of nitrogens with two attached hydrogens (primary N) is 1. The minimum atomic E-state index is 0.569. The molecule has 0 amide bonds. The molecule has 45 heavy (non-hydrogen) atoms. The van der Waals surface area contributed by atoms with Gasteiger partial charge in [0, 0.05) is 31.7 Å². The summed E-state index contributed by atoms with van der Waals surface area (Å²) >= 11 is 27.0. The third-order valence-corrected chi connectivity index (χ3v) is 9.74. The maximum absolute atomic E-state index is 6.28. The maximum Gasteiger partial charge on any atom is 0.135 e. The summed E-state index contributed by atoms with van der Waals surface area (Å²) in [6.07, 6.45) is 0.745. The highest BCUT2D eigenvalue weighted by Gasteiger charge is 2.10. The molecule has 0 saturated carbocycles. The van der Waals surface area contributed by atoms with Gasteiger partial charge in [-0.1, -0.05) is 107 Å². The fourth-order valence-electron chi connectivity index (χ4n) is 5.01. The molecule has 3 nitrogen and oxygen atoms in total. The lowest BCUT2D eigenvalue weighted by Crippen LogP contribution is -1.89. The topological polar surface area (TPSA) is 52.3 Å². The minimum Gasteiger partial charge on any atom is -0.456 e. The van der Waals surface area contributed by atoms with Gasteiger partial charge in [0.25, 0.3) is 0 Å². The number of rotatable bonds is 2. The van der Waals surface area contributed by atoms with E-state index in [1.165, 1.54) is 5.56 Å². The molecule has 2 N–H and O–H groups in total. The second-order valence-corrected chi connectivity index (χ2v) is 12.6. The van der Waals surface area contributed by atoms with E-state index in [4.69, 9.17) is 61.0 Å². The van der Waals surface area contributed by atoms with Crippen molar-refractivity contribution in [3.8, 4) is 0 Å². The van der Waals surface area contributed by atoms with Crippen LogP contribution >= 0.6 is 62.3 Å². The summed E-state index contributed by atoms with van der Waals surface area (Å²) in [5.74, 6) is 0. The van der Waals surface area contributed by atoms with Crippen LogP contribution in [-0.4, -0.2) is 0 Å². The molecule has 0 aliphatic carbocycles. The first-order valence-electron chi connectivity index (χ1n) is 13.9. The van der Waals surface area contributed by atoms with Gasteiger partial charge in [0.15, 0.2) is 0 Å². The number of hydrogen-bond acceptors (Lipinski definition) is 3. The Morgan fingerprint density at radius 2 is 1.04 bits per heavy atom. The Morgan fingerprint density at radius 1 is 0.511 bits per heavy atom. The Morgan fingerprint density at radius 3 is 1.67 bits per heavy atom. The van der Waals surface area contributed by atoms with Crippen molar-refractivity contribution in [1.29, 1.82) is 0 Å². The zero-order chi connectivity index (χ0) is 31.5. The molecule has 6 aromatic carbocycles. The Labute approximate surface area is 288 Å². The molecule has 0 radical (unpaired) electrons. The third kappa shape index (κ3) is 6.96. The SMILES string of the molecule is Clc1cccc(Br)c1Cl.Clc1cccc(Cc2ccc3oc4ccccc4c3c2)c1Cl.Nc1ccc2oc3ccccc3c2c1. The van der Waals surface area contributed by atoms with Gasteiger partial charge in [0.05, 0.1) is 20.1 Å². The number of benzene rings is 6. The summed E-state index contributed by atoms with van der Waals surface area (Å²) in [4.78, 5) is 0. The number of nitrogen functional groups attached to an aromatic ring is 1. The van der Waals surface area contributed by atoms with Crippen LogP contribution in [0.3, 0.4) is 0 Å². The number of halogens is 5. The van der Waals surface area contributed by atoms with E-state index in [9.17, 15) is 0 Å². The predicted octanol–water partition coefficient (Wildman–Crippen LogP) is 13.4. The van der Waals surface area contributed by atoms with E-state index in [1.807, 2.05) is 91.0 Å². The Balaban J connectivity index is 0.000000132. The molecule has 0 bridgehead atoms. The van der Waals surface area contributed by atoms with Crippen molar-refractivity contribution < 1.29 is 8.83 Å². The highest BCUT2D eigenvalue weighted by Crippen LogP contribution is 2.33. The van der Waals surface area contributed by atoms with Crippen LogP contribution < -0.4 is 5.73 Å². The molecule has 2 aromatic heterocycles. The molecule has 2 heterocycles. The zero-order valence-corrected chi connectivity index (χ0v) is 28.1. The summed E-state index contributed by atoms with van der Waals surface area (Å²) in [5, 5.41) is 6.83. The van der Waals surface area contributed by atoms with Gasteiger partial charge in [0.1, 0.15) is 22.3 Å². The van der Waals surface area contributed by atoms with E-state index in [-0.39, 0.29) is 0 Å². The zero-order valence-electron chi connectivity index (χ0n) is 23.5. The molecular formula is C37H24BrCl4NO2. The molecule has 224 valence electrons. The number of furan rings is 2. The molecule has 0 fully saturated rings. The number of para-hydroxylation sites is 2. The lowest BCUT2D eigenvalue weighted by Gasteiger charge is -2.06. The van der Waals surface area contributed by atoms with E-state index in [0.29, 0.717) is 20.1 Å². The predicted molar refractivity (Wildman–Crippen MR) is 195 cm³/mol. The number of anilines is 1. The highest BCUT2D eigenvalue weighted by molar-refractivity contribution is 9.10. The molecule has 0 aliphatic rings. The first-order chi connectivity index (χ1) is 21.8. The van der Waals surface area contributed by atoms with Gasteiger partial charge in [-0.3, -0.25) is 0 Å². The summed E-state index contributed by atoms with van der Waals surface area (Å²) in [7, 11) is 0. The van der Waals surface area contributed by atoms with Crippen LogP contribution in [0.5, 0.6) is 0 Å². The third-order valence-electron chi connectivity index (χ3n) is 7.17. The van der Waals surface area contributed by atoms with E-state index >= 15 is 0 Å². The largest absolute Gasteiger partial charge is 0.456 e. The van der Waals surface area contributed by atoms with Crippen LogP contribution in [0, 0.1) is 0 Å². The van der Waals surface area contributed by atoms with Gasteiger partial charge in [-0.05, 0) is 94.1 Å². The lowest BCUT2D eigenvalue weighted by atomic mass is 10.0. The number of fused-ring (bicyclic) bond motifs is 6. The standard InChI is InChI=1S/C19H12Cl2O.C12H9NO.C6H3BrCl2/c20-16-6-3-4-13(19(16)21)10-12-8-9-18-15(11-12)14-5-1-2-7-17(14)22-18;13-8-5-6-12-10(7-8)9-3-1-2-4-11(9)14-12;7-4-2-1-3-5(8)6(4)9/h1-9,11H,10H2;1-7H,13H2;1-3H. The molecule has 0 unspecified atom stereocenters. The van der Waals surface area contributed by atoms with E-state index < -0.39 is 0 Å². The fraction of sp³-hybridized carbons (Fsp3) is 0.0270. The van der Waals surface area contributed by atoms with Gasteiger partial charge >= 0.3 is 0 Å². The second-order valence-electron chi connectivity index (χ2n) is 10.2. The first kappa shape index (κ1) is 31.3. The maximum atomic E-state index is 6.28. The van der Waals surface area contributed by atoms with Crippen LogP contribution in [0.4, 0.5) is 5.69 Å². The van der Waals surface area contributed by atoms with Crippen molar-refractivity contribution in [3.63, 3.8) is 0 Å². The minimum absolute atomic E-state index is 0.569. The van der Waals surface area contributed by atoms with E-state index in [0.717, 1.165) is 66.0 Å². The summed E-state index contributed by atoms with van der Waals surface area (Å²) in [5.41, 5.74) is 12.3. The quantitative estimate of drug-likeness (QED) is 0.142. The molecule has 0 atom stereocenters. The van der Waals surface area contributed by atoms with Gasteiger partial charge in [-0.25, -0.2) is 0 Å². The average molecular weight is 736 g/mol. The van der Waals surface area contributed by atoms with Crippen LogP contribution in [0.1, 0.15) is 11.1 Å². The average Bonchev–Trinajstić information content (AvgIpc) is 3.60. The van der Waals surface area contributed by atoms with Gasteiger partial charge in [-0.2, -0.15) is 0 Å². The normalized spacial score (nSPS) is 11.0. The van der Waals surface area contributed by atoms with Crippen LogP contribution in [0.15, 0.2) is 135 Å². The van der Waals surface area contributed by atoms with Crippen molar-refractivity contribution in [2.75, 3.05) is 5.73 Å². The van der Waals surface area contributed by atoms with Crippen molar-refractivity contribution in [1.82, 2.24) is 0 Å². The van der Waals surface area contributed by atoms with Gasteiger partial charge in [0.2, 0.25) is 0 Å². The first-order valence-corrected chi connectivity index (χ1v) is 16.2. The fourth-order valence-corrected chi connectivity index (χ4v) is 6.18. The Bertz CT molecular complexity index is 2270. The lowest BCUT2D eigenvalue weighted by molar-refractivity contribution is 0.668. The molecular weight excluding hydrogens is 712 g/mol. The van der Waals surface area contributed by atoms with Gasteiger partial charge in [-0.15, -0.1) is 0 Å². The summed E-state index contributed by atoms with van der Waals surface area (Å²) in [6.45, 7) is 0. The summed E-state index contributed by atoms with van der Waals surface area (Å²) in [6, 6.07) is 39.2. The van der Waals surface area contributed by atoms with E-state index in [1.54, 1.807) is 12.1 Å². The molecule has 8 aromatic rings. The molecule has 0 saturated heterocycles. The van der Waals surface area contributed by atoms with Crippen molar-refractivity contribution in [2.24, 2.45) is 0 Å². The second kappa shape index (κ2) is 13.8. The van der Waals surface area contributed by atoms with Crippen molar-refractivity contribution in [3.05, 3.63) is 157 Å².